The van der Waals surface area contributed by atoms with E-state index in [-0.39, 0.29) is 22.8 Å². The average Bonchev–Trinajstić information content (AvgIpc) is 3.43. The number of nitrogens with one attached hydrogen (secondary N) is 1. The monoisotopic (exact) mass is 434 g/mol. The van der Waals surface area contributed by atoms with Gasteiger partial charge in [0, 0.05) is 25.4 Å². The summed E-state index contributed by atoms with van der Waals surface area (Å²) >= 11 is 0. The van der Waals surface area contributed by atoms with E-state index in [9.17, 15) is 17.6 Å². The molecule has 1 aromatic carbocycles. The van der Waals surface area contributed by atoms with E-state index < -0.39 is 16.7 Å². The van der Waals surface area contributed by atoms with Gasteiger partial charge in [0.1, 0.15) is 18.0 Å². The van der Waals surface area contributed by atoms with Gasteiger partial charge < -0.3 is 13.9 Å². The molecule has 2 heterocycles. The van der Waals surface area contributed by atoms with Gasteiger partial charge in [0.25, 0.3) is 5.56 Å². The first kappa shape index (κ1) is 20.4. The SMILES string of the molecule is COc1cc(-c2cc(NS(C)(=O)=O)c3nc(CF)n(CC4CC4)c3c2)cn(C)c1=O. The summed E-state index contributed by atoms with van der Waals surface area (Å²) in [4.78, 5) is 16.5. The number of aryl methyl sites for hydroxylation is 1. The third kappa shape index (κ3) is 3.91. The van der Waals surface area contributed by atoms with Gasteiger partial charge in [-0.1, -0.05) is 0 Å². The molecule has 0 aliphatic heterocycles. The highest BCUT2D eigenvalue weighted by Crippen LogP contribution is 2.36. The Balaban J connectivity index is 1.98. The van der Waals surface area contributed by atoms with Crippen molar-refractivity contribution in [1.82, 2.24) is 14.1 Å². The Bertz CT molecular complexity index is 1290. The molecule has 0 amide bonds. The number of imidazole rings is 1. The molecule has 2 aromatic heterocycles. The number of sulfonamides is 1. The summed E-state index contributed by atoms with van der Waals surface area (Å²) < 4.78 is 48.5. The summed E-state index contributed by atoms with van der Waals surface area (Å²) in [5, 5.41) is 0. The van der Waals surface area contributed by atoms with E-state index in [1.54, 1.807) is 25.4 Å². The van der Waals surface area contributed by atoms with Gasteiger partial charge in [-0.05, 0) is 42.5 Å². The number of benzene rings is 1. The number of anilines is 1. The van der Waals surface area contributed by atoms with Crippen LogP contribution in [0.4, 0.5) is 10.1 Å². The fourth-order valence-electron chi connectivity index (χ4n) is 3.56. The number of halogens is 1. The highest BCUT2D eigenvalue weighted by Gasteiger charge is 2.25. The van der Waals surface area contributed by atoms with E-state index in [1.807, 2.05) is 10.6 Å². The van der Waals surface area contributed by atoms with Crippen molar-refractivity contribution >= 4 is 26.7 Å². The Labute approximate surface area is 173 Å². The van der Waals surface area contributed by atoms with Crippen LogP contribution in [0.1, 0.15) is 18.7 Å². The van der Waals surface area contributed by atoms with Gasteiger partial charge in [-0.15, -0.1) is 0 Å². The molecule has 0 unspecified atom stereocenters. The Morgan fingerprint density at radius 3 is 2.60 bits per heavy atom. The summed E-state index contributed by atoms with van der Waals surface area (Å²) in [6.07, 6.45) is 4.86. The summed E-state index contributed by atoms with van der Waals surface area (Å²) in [6.45, 7) is -0.114. The number of methoxy groups -OCH3 is 1. The molecular formula is C20H23FN4O4S. The molecule has 3 aromatic rings. The number of aromatic nitrogens is 3. The van der Waals surface area contributed by atoms with Gasteiger partial charge in [-0.25, -0.2) is 17.8 Å². The number of nitrogens with zero attached hydrogens (tertiary/aromatic N) is 3. The molecule has 1 N–H and O–H groups in total. The van der Waals surface area contributed by atoms with E-state index in [4.69, 9.17) is 4.74 Å². The van der Waals surface area contributed by atoms with Crippen LogP contribution in [-0.2, 0) is 30.3 Å². The number of ether oxygens (including phenoxy) is 1. The summed E-state index contributed by atoms with van der Waals surface area (Å²) in [6, 6.07) is 5.08. The smallest absolute Gasteiger partial charge is 0.292 e. The van der Waals surface area contributed by atoms with E-state index >= 15 is 0 Å². The Morgan fingerprint density at radius 2 is 2.00 bits per heavy atom. The van der Waals surface area contributed by atoms with Crippen LogP contribution in [-0.4, -0.2) is 35.9 Å². The number of pyridine rings is 1. The van der Waals surface area contributed by atoms with Crippen LogP contribution in [0.25, 0.3) is 22.2 Å². The van der Waals surface area contributed by atoms with Gasteiger partial charge in [-0.3, -0.25) is 9.52 Å². The lowest BCUT2D eigenvalue weighted by molar-refractivity contribution is 0.405. The third-order valence-electron chi connectivity index (χ3n) is 5.19. The van der Waals surface area contributed by atoms with Crippen LogP contribution in [0.5, 0.6) is 5.75 Å². The maximum atomic E-state index is 13.7. The molecule has 160 valence electrons. The predicted octanol–water partition coefficient (Wildman–Crippen LogP) is 2.66. The quantitative estimate of drug-likeness (QED) is 0.617. The fourth-order valence-corrected chi connectivity index (χ4v) is 4.12. The van der Waals surface area contributed by atoms with Crippen molar-refractivity contribution in [3.05, 3.63) is 40.6 Å². The lowest BCUT2D eigenvalue weighted by Crippen LogP contribution is -2.17. The molecule has 0 spiro atoms. The van der Waals surface area contributed by atoms with Gasteiger partial charge in [-0.2, -0.15) is 0 Å². The largest absolute Gasteiger partial charge is 0.491 e. The molecular weight excluding hydrogens is 411 g/mol. The minimum atomic E-state index is -3.59. The van der Waals surface area contributed by atoms with Crippen LogP contribution < -0.4 is 15.0 Å². The van der Waals surface area contributed by atoms with E-state index in [1.165, 1.54) is 11.7 Å². The number of fused-ring (bicyclic) bond motifs is 1. The summed E-state index contributed by atoms with van der Waals surface area (Å²) in [5.41, 5.74) is 2.34. The van der Waals surface area contributed by atoms with Crippen molar-refractivity contribution in [1.29, 1.82) is 0 Å². The molecule has 1 aliphatic carbocycles. The highest BCUT2D eigenvalue weighted by molar-refractivity contribution is 7.92. The molecule has 8 nitrogen and oxygen atoms in total. The second-order valence-electron chi connectivity index (χ2n) is 7.69. The Hall–Kier alpha value is -2.88. The van der Waals surface area contributed by atoms with E-state index in [0.717, 1.165) is 19.1 Å². The second kappa shape index (κ2) is 7.42. The first-order chi connectivity index (χ1) is 14.2. The average molecular weight is 434 g/mol. The minimum absolute atomic E-state index is 0.170. The zero-order chi connectivity index (χ0) is 21.6. The molecule has 0 saturated heterocycles. The standard InChI is InChI=1S/C20H23FN4O4S/c1-24-11-14(8-17(29-2)20(24)26)13-6-15(23-30(3,27)28)19-16(7-13)25(10-12-4-5-12)18(9-21)22-19/h6-8,11-12,23H,4-5,9-10H2,1-3H3. The third-order valence-corrected chi connectivity index (χ3v) is 5.78. The van der Waals surface area contributed by atoms with Crippen molar-refractivity contribution < 1.29 is 17.5 Å². The summed E-state index contributed by atoms with van der Waals surface area (Å²) in [7, 11) is -0.562. The van der Waals surface area contributed by atoms with Crippen LogP contribution in [0.3, 0.4) is 0 Å². The topological polar surface area (TPSA) is 95.2 Å². The Kier molecular flexibility index (Phi) is 5.05. The molecule has 0 atom stereocenters. The van der Waals surface area contributed by atoms with Gasteiger partial charge >= 0.3 is 0 Å². The van der Waals surface area contributed by atoms with Crippen LogP contribution >= 0.6 is 0 Å². The van der Waals surface area contributed by atoms with E-state index in [0.29, 0.717) is 34.6 Å². The first-order valence-electron chi connectivity index (χ1n) is 9.52. The number of rotatable bonds is 7. The fraction of sp³-hybridized carbons (Fsp3) is 0.400. The number of hydrogen-bond donors (Lipinski definition) is 1. The lowest BCUT2D eigenvalue weighted by atomic mass is 10.1. The van der Waals surface area contributed by atoms with Crippen molar-refractivity contribution in [3.8, 4) is 16.9 Å². The second-order valence-corrected chi connectivity index (χ2v) is 9.44. The molecule has 10 heteroatoms. The predicted molar refractivity (Wildman–Crippen MR) is 113 cm³/mol. The van der Waals surface area contributed by atoms with Crippen LogP contribution in [0, 0.1) is 5.92 Å². The minimum Gasteiger partial charge on any atom is -0.491 e. The maximum Gasteiger partial charge on any atom is 0.292 e. The van der Waals surface area contributed by atoms with Crippen molar-refractivity contribution in [2.75, 3.05) is 18.1 Å². The zero-order valence-corrected chi connectivity index (χ0v) is 17.8. The van der Waals surface area contributed by atoms with Gasteiger partial charge in [0.05, 0.1) is 24.6 Å². The van der Waals surface area contributed by atoms with E-state index in [2.05, 4.69) is 9.71 Å². The molecule has 1 aliphatic rings. The summed E-state index contributed by atoms with van der Waals surface area (Å²) in [5.74, 6) is 0.910. The molecule has 30 heavy (non-hydrogen) atoms. The van der Waals surface area contributed by atoms with Crippen LogP contribution in [0.2, 0.25) is 0 Å². The Morgan fingerprint density at radius 1 is 1.27 bits per heavy atom. The number of alkyl halides is 1. The molecule has 4 rings (SSSR count). The van der Waals surface area contributed by atoms with Gasteiger partial charge in [0.2, 0.25) is 10.0 Å². The van der Waals surface area contributed by atoms with Crippen LogP contribution in [0.15, 0.2) is 29.2 Å². The van der Waals surface area contributed by atoms with Crippen molar-refractivity contribution in [2.24, 2.45) is 13.0 Å². The van der Waals surface area contributed by atoms with Crippen molar-refractivity contribution in [2.45, 2.75) is 26.1 Å². The normalized spacial score (nSPS) is 14.3. The zero-order valence-electron chi connectivity index (χ0n) is 17.0. The molecule has 0 bridgehead atoms. The highest BCUT2D eigenvalue weighted by atomic mass is 32.2. The number of hydrogen-bond acceptors (Lipinski definition) is 5. The molecule has 1 fully saturated rings. The lowest BCUT2D eigenvalue weighted by Gasteiger charge is -2.12. The van der Waals surface area contributed by atoms with Gasteiger partial charge in [0.15, 0.2) is 5.75 Å². The first-order valence-corrected chi connectivity index (χ1v) is 11.4. The molecule has 0 radical (unpaired) electrons. The van der Waals surface area contributed by atoms with Crippen molar-refractivity contribution in [3.63, 3.8) is 0 Å². The maximum absolute atomic E-state index is 13.7. The molecule has 1 saturated carbocycles.